The first kappa shape index (κ1) is 20.7. The molecule has 7 heteroatoms. The summed E-state index contributed by atoms with van der Waals surface area (Å²) in [5.74, 6) is 0.947. The Hall–Kier alpha value is -4.23. The minimum atomic E-state index is -0.862. The highest BCUT2D eigenvalue weighted by atomic mass is 16.5. The van der Waals surface area contributed by atoms with Gasteiger partial charge in [0, 0.05) is 0 Å². The van der Waals surface area contributed by atoms with Crippen molar-refractivity contribution in [1.82, 2.24) is 20.2 Å². The molecular weight excluding hydrogens is 411 g/mol. The summed E-state index contributed by atoms with van der Waals surface area (Å²) in [6.07, 6.45) is 0. The Kier molecular flexibility index (Phi) is 5.70. The van der Waals surface area contributed by atoms with Crippen molar-refractivity contribution in [3.63, 3.8) is 0 Å². The first-order valence-corrected chi connectivity index (χ1v) is 10.5. The van der Waals surface area contributed by atoms with E-state index >= 15 is 0 Å². The SMILES string of the molecule is O[B]Oc1ccccc1-c1nnnn1C(c1ccccc1)(c1ccccc1)c1ccccc1. The summed E-state index contributed by atoms with van der Waals surface area (Å²) in [4.78, 5) is 0. The van der Waals surface area contributed by atoms with E-state index in [-0.39, 0.29) is 0 Å². The number of nitrogens with zero attached hydrogens (tertiary/aromatic N) is 4. The van der Waals surface area contributed by atoms with Crippen LogP contribution >= 0.6 is 0 Å². The van der Waals surface area contributed by atoms with Crippen molar-refractivity contribution in [1.29, 1.82) is 0 Å². The molecule has 1 N–H and O–H groups in total. The maximum Gasteiger partial charge on any atom is 0.569 e. The first-order chi connectivity index (χ1) is 16.4. The van der Waals surface area contributed by atoms with E-state index in [1.165, 1.54) is 0 Å². The minimum Gasteiger partial charge on any atom is -0.537 e. The second-order valence-corrected chi connectivity index (χ2v) is 7.44. The Labute approximate surface area is 192 Å². The van der Waals surface area contributed by atoms with Crippen LogP contribution in [0.15, 0.2) is 115 Å². The third-order valence-corrected chi connectivity index (χ3v) is 5.67. The number of para-hydroxylation sites is 1. The van der Waals surface area contributed by atoms with Gasteiger partial charge in [0.1, 0.15) is 11.3 Å². The zero-order chi connectivity index (χ0) is 22.5. The standard InChI is InChI=1S/C26H20BN4O2/c32-27-33-24-19-11-10-18-23(24)25-28-29-30-31(25)26(20-12-4-1-5-13-20,21-14-6-2-7-15-21)22-16-8-3-9-17-22/h1-19,32H. The molecule has 5 rings (SSSR count). The summed E-state index contributed by atoms with van der Waals surface area (Å²) in [6, 6.07) is 37.9. The molecule has 0 saturated heterocycles. The van der Waals surface area contributed by atoms with E-state index < -0.39 is 5.54 Å². The van der Waals surface area contributed by atoms with Gasteiger partial charge < -0.3 is 9.68 Å². The summed E-state index contributed by atoms with van der Waals surface area (Å²) in [6.45, 7) is 0. The van der Waals surface area contributed by atoms with Crippen molar-refractivity contribution in [2.75, 3.05) is 0 Å². The quantitative estimate of drug-likeness (QED) is 0.311. The summed E-state index contributed by atoms with van der Waals surface area (Å²) in [7, 11) is 0.659. The lowest BCUT2D eigenvalue weighted by Crippen LogP contribution is -2.39. The van der Waals surface area contributed by atoms with E-state index in [0.29, 0.717) is 24.8 Å². The number of hydrogen-bond acceptors (Lipinski definition) is 5. The van der Waals surface area contributed by atoms with E-state index in [4.69, 9.17) is 4.65 Å². The van der Waals surface area contributed by atoms with Crippen molar-refractivity contribution in [3.8, 4) is 17.1 Å². The van der Waals surface area contributed by atoms with Gasteiger partial charge in [-0.15, -0.1) is 5.10 Å². The fourth-order valence-corrected chi connectivity index (χ4v) is 4.30. The van der Waals surface area contributed by atoms with Crippen LogP contribution in [0, 0.1) is 0 Å². The van der Waals surface area contributed by atoms with E-state index in [9.17, 15) is 5.02 Å². The Bertz CT molecular complexity index is 1230. The normalized spacial score (nSPS) is 11.2. The molecule has 0 fully saturated rings. The molecule has 5 aromatic rings. The van der Waals surface area contributed by atoms with Gasteiger partial charge in [0.2, 0.25) is 0 Å². The van der Waals surface area contributed by atoms with Crippen LogP contribution in [0.3, 0.4) is 0 Å². The summed E-state index contributed by atoms with van der Waals surface area (Å²) in [5, 5.41) is 22.3. The zero-order valence-electron chi connectivity index (χ0n) is 17.7. The van der Waals surface area contributed by atoms with Gasteiger partial charge in [-0.25, -0.2) is 4.68 Å². The lowest BCUT2D eigenvalue weighted by atomic mass is 9.77. The molecular formula is C26H20BN4O2. The van der Waals surface area contributed by atoms with Crippen molar-refractivity contribution < 1.29 is 9.68 Å². The Morgan fingerprint density at radius 2 is 1.15 bits per heavy atom. The van der Waals surface area contributed by atoms with Crippen molar-refractivity contribution in [2.45, 2.75) is 5.54 Å². The fourth-order valence-electron chi connectivity index (χ4n) is 4.30. The van der Waals surface area contributed by atoms with Gasteiger partial charge in [-0.1, -0.05) is 103 Å². The number of hydrogen-bond donors (Lipinski definition) is 1. The molecule has 0 spiro atoms. The smallest absolute Gasteiger partial charge is 0.537 e. The van der Waals surface area contributed by atoms with Crippen molar-refractivity contribution in [2.24, 2.45) is 0 Å². The lowest BCUT2D eigenvalue weighted by Gasteiger charge is -2.36. The molecule has 0 aliphatic heterocycles. The zero-order valence-corrected chi connectivity index (χ0v) is 17.7. The van der Waals surface area contributed by atoms with E-state index in [0.717, 1.165) is 16.7 Å². The second-order valence-electron chi connectivity index (χ2n) is 7.44. The summed E-state index contributed by atoms with van der Waals surface area (Å²) >= 11 is 0. The maximum atomic E-state index is 9.30. The van der Waals surface area contributed by atoms with Crippen LogP contribution in [0.4, 0.5) is 0 Å². The van der Waals surface area contributed by atoms with Crippen LogP contribution in [-0.4, -0.2) is 32.9 Å². The van der Waals surface area contributed by atoms with E-state index in [1.54, 1.807) is 6.07 Å². The predicted octanol–water partition coefficient (Wildman–Crippen LogP) is 4.09. The van der Waals surface area contributed by atoms with Crippen LogP contribution in [0.2, 0.25) is 0 Å². The highest BCUT2D eigenvalue weighted by Gasteiger charge is 2.42. The maximum absolute atomic E-state index is 9.30. The molecule has 0 saturated carbocycles. The molecule has 0 bridgehead atoms. The van der Waals surface area contributed by atoms with Gasteiger partial charge in [-0.2, -0.15) is 0 Å². The predicted molar refractivity (Wildman–Crippen MR) is 126 cm³/mol. The largest absolute Gasteiger partial charge is 0.569 e. The Balaban J connectivity index is 1.88. The number of benzene rings is 4. The third kappa shape index (κ3) is 3.58. The molecule has 0 amide bonds. The van der Waals surface area contributed by atoms with Gasteiger partial charge in [-0.3, -0.25) is 0 Å². The van der Waals surface area contributed by atoms with Crippen LogP contribution in [0.1, 0.15) is 16.7 Å². The van der Waals surface area contributed by atoms with Crippen molar-refractivity contribution in [3.05, 3.63) is 132 Å². The summed E-state index contributed by atoms with van der Waals surface area (Å²) < 4.78 is 7.19. The highest BCUT2D eigenvalue weighted by molar-refractivity contribution is 6.17. The highest BCUT2D eigenvalue weighted by Crippen LogP contribution is 2.43. The number of tetrazole rings is 1. The molecule has 1 radical (unpaired) electrons. The molecule has 4 aromatic carbocycles. The number of rotatable bonds is 7. The molecule has 0 aliphatic carbocycles. The van der Waals surface area contributed by atoms with Crippen molar-refractivity contribution >= 4 is 7.69 Å². The topological polar surface area (TPSA) is 73.1 Å². The molecule has 33 heavy (non-hydrogen) atoms. The van der Waals surface area contributed by atoms with Gasteiger partial charge in [-0.05, 0) is 39.2 Å². The Morgan fingerprint density at radius 3 is 1.67 bits per heavy atom. The van der Waals surface area contributed by atoms with Gasteiger partial charge in [0.15, 0.2) is 5.82 Å². The molecule has 0 unspecified atom stereocenters. The van der Waals surface area contributed by atoms with E-state index in [1.807, 2.05) is 77.5 Å². The van der Waals surface area contributed by atoms with Gasteiger partial charge in [0.05, 0.1) is 5.56 Å². The average molecular weight is 431 g/mol. The monoisotopic (exact) mass is 431 g/mol. The molecule has 1 aromatic heterocycles. The molecule has 1 heterocycles. The lowest BCUT2D eigenvalue weighted by molar-refractivity contribution is 0.445. The molecule has 6 nitrogen and oxygen atoms in total. The van der Waals surface area contributed by atoms with E-state index in [2.05, 4.69) is 51.9 Å². The average Bonchev–Trinajstić information content (AvgIpc) is 3.37. The molecule has 159 valence electrons. The minimum absolute atomic E-state index is 0.444. The van der Waals surface area contributed by atoms with Gasteiger partial charge in [0.25, 0.3) is 0 Å². The molecule has 0 atom stereocenters. The molecule has 0 aliphatic rings. The summed E-state index contributed by atoms with van der Waals surface area (Å²) in [5.41, 5.74) is 2.80. The third-order valence-electron chi connectivity index (χ3n) is 5.67. The van der Waals surface area contributed by atoms with Crippen LogP contribution in [-0.2, 0) is 5.54 Å². The second kappa shape index (κ2) is 9.10. The number of aromatic nitrogens is 4. The van der Waals surface area contributed by atoms with Crippen LogP contribution in [0.5, 0.6) is 5.75 Å². The van der Waals surface area contributed by atoms with Crippen LogP contribution in [0.25, 0.3) is 11.4 Å². The first-order valence-electron chi connectivity index (χ1n) is 10.5. The van der Waals surface area contributed by atoms with Gasteiger partial charge >= 0.3 is 7.69 Å². The van der Waals surface area contributed by atoms with Crippen LogP contribution < -0.4 is 4.65 Å². The Morgan fingerprint density at radius 1 is 0.667 bits per heavy atom. The fraction of sp³-hybridized carbons (Fsp3) is 0.0385.